The average molecular weight is 180 g/mol. The summed E-state index contributed by atoms with van der Waals surface area (Å²) in [6.07, 6.45) is 1.64. The van der Waals surface area contributed by atoms with Crippen molar-refractivity contribution in [1.29, 1.82) is 0 Å². The highest BCUT2D eigenvalue weighted by molar-refractivity contribution is 5.65. The highest BCUT2D eigenvalue weighted by atomic mass is 15.6. The van der Waals surface area contributed by atoms with Crippen LogP contribution in [0.4, 0.5) is 0 Å². The minimum absolute atomic E-state index is 0.585. The first-order valence-electron chi connectivity index (χ1n) is 3.88. The van der Waals surface area contributed by atoms with E-state index in [9.17, 15) is 0 Å². The van der Waals surface area contributed by atoms with Crippen molar-refractivity contribution in [3.63, 3.8) is 0 Å². The third-order valence-electron chi connectivity index (χ3n) is 2.12. The van der Waals surface area contributed by atoms with Gasteiger partial charge in [-0.3, -0.25) is 10.4 Å². The summed E-state index contributed by atoms with van der Waals surface area (Å²) in [4.78, 5) is 5.90. The van der Waals surface area contributed by atoms with E-state index in [0.717, 1.165) is 5.70 Å². The molecule has 0 aromatic carbocycles. The molecule has 70 valence electrons. The van der Waals surface area contributed by atoms with Crippen LogP contribution in [0.5, 0.6) is 0 Å². The summed E-state index contributed by atoms with van der Waals surface area (Å²) < 4.78 is 0. The molecule has 0 radical (unpaired) electrons. The molecule has 0 atom stereocenters. The Hall–Kier alpha value is -1.85. The Morgan fingerprint density at radius 1 is 1.31 bits per heavy atom. The van der Waals surface area contributed by atoms with Gasteiger partial charge in [-0.2, -0.15) is 0 Å². The Balaban J connectivity index is 2.51. The molecule has 0 aromatic heterocycles. The summed E-state index contributed by atoms with van der Waals surface area (Å²) in [7, 11) is 3.65. The molecule has 2 aliphatic rings. The van der Waals surface area contributed by atoms with Crippen LogP contribution in [0.1, 0.15) is 0 Å². The lowest BCUT2D eigenvalue weighted by Gasteiger charge is -2.20. The lowest BCUT2D eigenvalue weighted by atomic mass is 10.3. The molecule has 0 saturated heterocycles. The molecule has 0 spiro atoms. The second-order valence-electron chi connectivity index (χ2n) is 3.02. The van der Waals surface area contributed by atoms with Crippen LogP contribution >= 0.6 is 0 Å². The Morgan fingerprint density at radius 3 is 2.69 bits per heavy atom. The third kappa shape index (κ3) is 0.915. The number of fused-ring (bicyclic) bond motifs is 1. The SMILES string of the molecule is CN1C=NC2=C(N)N(C)NC2=C1N. The van der Waals surface area contributed by atoms with Crippen LogP contribution in [-0.4, -0.2) is 30.3 Å². The highest BCUT2D eigenvalue weighted by Gasteiger charge is 2.27. The van der Waals surface area contributed by atoms with Crippen LogP contribution in [0.15, 0.2) is 28.0 Å². The first kappa shape index (κ1) is 7.78. The van der Waals surface area contributed by atoms with Gasteiger partial charge in [0.15, 0.2) is 0 Å². The fraction of sp³-hybridized carbons (Fsp3) is 0.286. The van der Waals surface area contributed by atoms with Gasteiger partial charge in [-0.1, -0.05) is 0 Å². The van der Waals surface area contributed by atoms with E-state index in [2.05, 4.69) is 10.4 Å². The van der Waals surface area contributed by atoms with E-state index in [1.165, 1.54) is 0 Å². The van der Waals surface area contributed by atoms with Gasteiger partial charge in [0.2, 0.25) is 0 Å². The molecule has 0 unspecified atom stereocenters. The summed E-state index contributed by atoms with van der Waals surface area (Å²) in [6.45, 7) is 0. The zero-order chi connectivity index (χ0) is 9.59. The molecule has 13 heavy (non-hydrogen) atoms. The van der Waals surface area contributed by atoms with Crippen LogP contribution in [0, 0.1) is 0 Å². The van der Waals surface area contributed by atoms with Gasteiger partial charge in [-0.05, 0) is 0 Å². The highest BCUT2D eigenvalue weighted by Crippen LogP contribution is 2.24. The number of hydrazine groups is 1. The van der Waals surface area contributed by atoms with Crippen molar-refractivity contribution >= 4 is 6.34 Å². The second-order valence-corrected chi connectivity index (χ2v) is 3.02. The molecule has 0 fully saturated rings. The number of nitrogens with two attached hydrogens (primary N) is 2. The predicted molar refractivity (Wildman–Crippen MR) is 49.6 cm³/mol. The minimum Gasteiger partial charge on any atom is -0.383 e. The Bertz CT molecular complexity index is 339. The van der Waals surface area contributed by atoms with Crippen LogP contribution in [0.25, 0.3) is 0 Å². The summed E-state index contributed by atoms with van der Waals surface area (Å²) in [6, 6.07) is 0. The van der Waals surface area contributed by atoms with E-state index in [1.54, 1.807) is 16.2 Å². The molecular formula is C7H12N6. The van der Waals surface area contributed by atoms with Gasteiger partial charge in [0.25, 0.3) is 0 Å². The third-order valence-corrected chi connectivity index (χ3v) is 2.12. The van der Waals surface area contributed by atoms with Crippen LogP contribution in [0.3, 0.4) is 0 Å². The van der Waals surface area contributed by atoms with E-state index in [-0.39, 0.29) is 0 Å². The number of hydrogen-bond acceptors (Lipinski definition) is 6. The van der Waals surface area contributed by atoms with Crippen molar-refractivity contribution < 1.29 is 0 Å². The maximum absolute atomic E-state index is 5.82. The van der Waals surface area contributed by atoms with E-state index < -0.39 is 0 Å². The van der Waals surface area contributed by atoms with Crippen molar-refractivity contribution in [3.8, 4) is 0 Å². The summed E-state index contributed by atoms with van der Waals surface area (Å²) >= 11 is 0. The molecule has 6 nitrogen and oxygen atoms in total. The molecule has 2 heterocycles. The zero-order valence-corrected chi connectivity index (χ0v) is 7.57. The largest absolute Gasteiger partial charge is 0.383 e. The lowest BCUT2D eigenvalue weighted by molar-refractivity contribution is 0.358. The summed E-state index contributed by atoms with van der Waals surface area (Å²) in [5, 5.41) is 1.69. The minimum atomic E-state index is 0.585. The fourth-order valence-corrected chi connectivity index (χ4v) is 1.26. The monoisotopic (exact) mass is 180 g/mol. The number of nitrogens with one attached hydrogen (secondary N) is 1. The van der Waals surface area contributed by atoms with Crippen molar-refractivity contribution in [3.05, 3.63) is 23.0 Å². The molecule has 2 rings (SSSR count). The summed E-state index contributed by atoms with van der Waals surface area (Å²) in [5.41, 5.74) is 16.1. The van der Waals surface area contributed by atoms with Gasteiger partial charge >= 0.3 is 0 Å². The van der Waals surface area contributed by atoms with Gasteiger partial charge in [-0.15, -0.1) is 0 Å². The molecule has 0 amide bonds. The molecule has 5 N–H and O–H groups in total. The van der Waals surface area contributed by atoms with E-state index in [1.807, 2.05) is 14.1 Å². The van der Waals surface area contributed by atoms with Crippen molar-refractivity contribution in [2.24, 2.45) is 16.5 Å². The lowest BCUT2D eigenvalue weighted by Crippen LogP contribution is -2.34. The number of nitrogens with zero attached hydrogens (tertiary/aromatic N) is 3. The molecule has 0 bridgehead atoms. The van der Waals surface area contributed by atoms with E-state index in [0.29, 0.717) is 17.3 Å². The maximum Gasteiger partial charge on any atom is 0.146 e. The Morgan fingerprint density at radius 2 is 2.00 bits per heavy atom. The van der Waals surface area contributed by atoms with Crippen LogP contribution < -0.4 is 16.9 Å². The van der Waals surface area contributed by atoms with Gasteiger partial charge in [0.1, 0.15) is 23.0 Å². The topological polar surface area (TPSA) is 82.9 Å². The van der Waals surface area contributed by atoms with E-state index >= 15 is 0 Å². The van der Waals surface area contributed by atoms with Gasteiger partial charge in [0.05, 0.1) is 6.34 Å². The second kappa shape index (κ2) is 2.32. The number of rotatable bonds is 0. The summed E-state index contributed by atoms with van der Waals surface area (Å²) in [5.74, 6) is 1.21. The smallest absolute Gasteiger partial charge is 0.146 e. The van der Waals surface area contributed by atoms with Crippen molar-refractivity contribution in [2.45, 2.75) is 0 Å². The van der Waals surface area contributed by atoms with Crippen molar-refractivity contribution in [2.75, 3.05) is 14.1 Å². The Kier molecular flexibility index (Phi) is 1.39. The van der Waals surface area contributed by atoms with Crippen LogP contribution in [-0.2, 0) is 0 Å². The quantitative estimate of drug-likeness (QED) is 0.430. The number of aliphatic imine (C=N–C) groups is 1. The maximum atomic E-state index is 5.82. The fourth-order valence-electron chi connectivity index (χ4n) is 1.26. The molecule has 0 aromatic rings. The van der Waals surface area contributed by atoms with Crippen molar-refractivity contribution in [1.82, 2.24) is 15.3 Å². The van der Waals surface area contributed by atoms with E-state index in [4.69, 9.17) is 11.5 Å². The van der Waals surface area contributed by atoms with Gasteiger partial charge in [-0.25, -0.2) is 4.99 Å². The van der Waals surface area contributed by atoms with Crippen LogP contribution in [0.2, 0.25) is 0 Å². The molecular weight excluding hydrogens is 168 g/mol. The van der Waals surface area contributed by atoms with Gasteiger partial charge < -0.3 is 16.4 Å². The molecule has 2 aliphatic heterocycles. The van der Waals surface area contributed by atoms with Gasteiger partial charge in [0, 0.05) is 14.1 Å². The average Bonchev–Trinajstić information content (AvgIpc) is 2.38. The Labute approximate surface area is 76.2 Å². The molecule has 0 saturated carbocycles. The normalized spacial score (nSPS) is 21.1. The molecule has 0 aliphatic carbocycles. The first-order valence-corrected chi connectivity index (χ1v) is 3.88. The standard InChI is InChI=1S/C7H12N6/c1-12-3-10-4-5(6(12)8)11-13(2)7(4)9/h3,11H,8-9H2,1-2H3. The predicted octanol–water partition coefficient (Wildman–Crippen LogP) is -1.33. The zero-order valence-electron chi connectivity index (χ0n) is 7.57. The number of hydrogen-bond donors (Lipinski definition) is 3. The first-order chi connectivity index (χ1) is 6.11. The molecule has 6 heteroatoms.